The third kappa shape index (κ3) is 9.40. The van der Waals surface area contributed by atoms with E-state index in [9.17, 15) is 4.57 Å². The molecular formula is C2H8FO4P. The zero-order valence-corrected chi connectivity index (χ0v) is 5.17. The first kappa shape index (κ1) is 10.9. The third-order valence-electron chi connectivity index (χ3n) is 0.297. The topological polar surface area (TPSA) is 66.8 Å². The summed E-state index contributed by atoms with van der Waals surface area (Å²) in [4.78, 5) is 15.8. The molecule has 0 unspecified atom stereocenters. The Kier molecular flexibility index (Phi) is 5.42. The molecule has 0 aliphatic rings. The predicted molar refractivity (Wildman–Crippen MR) is 26.2 cm³/mol. The number of halogens is 1. The van der Waals surface area contributed by atoms with E-state index in [0.29, 0.717) is 0 Å². The third-order valence-corrected chi connectivity index (χ3v) is 0.892. The Labute approximate surface area is 46.1 Å². The van der Waals surface area contributed by atoms with E-state index in [1.807, 2.05) is 0 Å². The van der Waals surface area contributed by atoms with Gasteiger partial charge < -0.3 is 9.79 Å². The Morgan fingerprint density at radius 2 is 2.00 bits per heavy atom. The first-order valence-corrected chi connectivity index (χ1v) is 3.29. The largest absolute Gasteiger partial charge is 0.469 e. The summed E-state index contributed by atoms with van der Waals surface area (Å²) < 4.78 is 13.6. The van der Waals surface area contributed by atoms with Gasteiger partial charge in [-0.2, -0.15) is 0 Å². The van der Waals surface area contributed by atoms with Crippen LogP contribution in [-0.4, -0.2) is 16.4 Å². The summed E-state index contributed by atoms with van der Waals surface area (Å²) in [5, 5.41) is 0. The van der Waals surface area contributed by atoms with Crippen LogP contribution in [0.1, 0.15) is 6.92 Å². The van der Waals surface area contributed by atoms with Crippen LogP contribution in [0.4, 0.5) is 4.70 Å². The fourth-order valence-corrected chi connectivity index (χ4v) is 0.505. The Hall–Kier alpha value is 0.0400. The number of phosphoric acid groups is 1. The van der Waals surface area contributed by atoms with Gasteiger partial charge in [0.25, 0.3) is 0 Å². The van der Waals surface area contributed by atoms with Gasteiger partial charge in [-0.25, -0.2) is 4.57 Å². The standard InChI is InChI=1S/C2H7O4P.FH/c1-2-6-7(3,4)5;/h2H2,1H3,(H2,3,4,5);1H. The van der Waals surface area contributed by atoms with E-state index in [-0.39, 0.29) is 11.3 Å². The van der Waals surface area contributed by atoms with Crippen LogP contribution < -0.4 is 0 Å². The molecule has 0 radical (unpaired) electrons. The van der Waals surface area contributed by atoms with Crippen molar-refractivity contribution in [3.05, 3.63) is 0 Å². The molecule has 0 heterocycles. The molecule has 0 saturated carbocycles. The molecule has 0 aliphatic heterocycles. The zero-order chi connectivity index (χ0) is 5.91. The molecule has 0 bridgehead atoms. The Morgan fingerprint density at radius 1 is 1.62 bits per heavy atom. The Bertz CT molecular complexity index is 88.0. The van der Waals surface area contributed by atoms with Gasteiger partial charge in [-0.1, -0.05) is 0 Å². The van der Waals surface area contributed by atoms with Gasteiger partial charge in [0.2, 0.25) is 0 Å². The van der Waals surface area contributed by atoms with E-state index in [2.05, 4.69) is 4.52 Å². The highest BCUT2D eigenvalue weighted by atomic mass is 31.2. The summed E-state index contributed by atoms with van der Waals surface area (Å²) in [5.41, 5.74) is 0. The van der Waals surface area contributed by atoms with E-state index in [1.54, 1.807) is 0 Å². The second kappa shape index (κ2) is 3.97. The summed E-state index contributed by atoms with van der Waals surface area (Å²) in [6.45, 7) is 1.56. The van der Waals surface area contributed by atoms with Gasteiger partial charge in [0.05, 0.1) is 6.61 Å². The summed E-state index contributed by atoms with van der Waals surface area (Å²) in [6, 6.07) is 0. The minimum absolute atomic E-state index is 0. The normalized spacial score (nSPS) is 10.4. The van der Waals surface area contributed by atoms with Crippen molar-refractivity contribution in [1.29, 1.82) is 0 Å². The average molecular weight is 146 g/mol. The van der Waals surface area contributed by atoms with E-state index < -0.39 is 7.82 Å². The molecular weight excluding hydrogens is 138 g/mol. The van der Waals surface area contributed by atoms with Crippen molar-refractivity contribution in [3.8, 4) is 0 Å². The fraction of sp³-hybridized carbons (Fsp3) is 1.00. The van der Waals surface area contributed by atoms with Crippen molar-refractivity contribution in [3.63, 3.8) is 0 Å². The van der Waals surface area contributed by atoms with Crippen molar-refractivity contribution >= 4 is 7.82 Å². The predicted octanol–water partition coefficient (Wildman–Crippen LogP) is 0.268. The summed E-state index contributed by atoms with van der Waals surface area (Å²) >= 11 is 0. The highest BCUT2D eigenvalue weighted by molar-refractivity contribution is 7.46. The van der Waals surface area contributed by atoms with Crippen LogP contribution in [0.2, 0.25) is 0 Å². The van der Waals surface area contributed by atoms with E-state index >= 15 is 0 Å². The quantitative estimate of drug-likeness (QED) is 0.548. The molecule has 0 aliphatic carbocycles. The zero-order valence-electron chi connectivity index (χ0n) is 4.27. The highest BCUT2D eigenvalue weighted by Gasteiger charge is 2.10. The van der Waals surface area contributed by atoms with Gasteiger partial charge in [0.15, 0.2) is 0 Å². The van der Waals surface area contributed by atoms with Gasteiger partial charge in [0, 0.05) is 0 Å². The maximum absolute atomic E-state index is 9.70. The molecule has 0 aromatic rings. The van der Waals surface area contributed by atoms with Gasteiger partial charge in [-0.05, 0) is 6.92 Å². The molecule has 8 heavy (non-hydrogen) atoms. The van der Waals surface area contributed by atoms with Crippen LogP contribution in [-0.2, 0) is 9.09 Å². The van der Waals surface area contributed by atoms with E-state index in [4.69, 9.17) is 9.79 Å². The lowest BCUT2D eigenvalue weighted by Crippen LogP contribution is -1.84. The molecule has 0 aromatic carbocycles. The molecule has 0 fully saturated rings. The van der Waals surface area contributed by atoms with Crippen molar-refractivity contribution in [2.24, 2.45) is 0 Å². The Balaban J connectivity index is 0. The van der Waals surface area contributed by atoms with E-state index in [0.717, 1.165) is 0 Å². The average Bonchev–Trinajstić information content (AvgIpc) is 1.30. The minimum atomic E-state index is -4.17. The van der Waals surface area contributed by atoms with Crippen molar-refractivity contribution in [2.75, 3.05) is 6.61 Å². The molecule has 6 heteroatoms. The van der Waals surface area contributed by atoms with Gasteiger partial charge in [-0.15, -0.1) is 0 Å². The van der Waals surface area contributed by atoms with Gasteiger partial charge in [-0.3, -0.25) is 9.23 Å². The number of phosphoric ester groups is 1. The molecule has 0 aromatic heterocycles. The first-order valence-electron chi connectivity index (χ1n) is 1.76. The maximum Gasteiger partial charge on any atom is 0.469 e. The smallest absolute Gasteiger partial charge is 0.303 e. The fourth-order valence-electron chi connectivity index (χ4n) is 0.168. The number of rotatable bonds is 2. The van der Waals surface area contributed by atoms with Gasteiger partial charge in [0.1, 0.15) is 0 Å². The first-order chi connectivity index (χ1) is 3.06. The van der Waals surface area contributed by atoms with Crippen LogP contribution in [0.15, 0.2) is 0 Å². The minimum Gasteiger partial charge on any atom is -0.303 e. The van der Waals surface area contributed by atoms with Crippen LogP contribution in [0.3, 0.4) is 0 Å². The lowest BCUT2D eigenvalue weighted by Gasteiger charge is -1.98. The summed E-state index contributed by atoms with van der Waals surface area (Å²) in [5.74, 6) is 0. The van der Waals surface area contributed by atoms with Crippen LogP contribution in [0, 0.1) is 0 Å². The lowest BCUT2D eigenvalue weighted by atomic mass is 10.9. The lowest BCUT2D eigenvalue weighted by molar-refractivity contribution is 0.206. The van der Waals surface area contributed by atoms with Crippen molar-refractivity contribution in [1.82, 2.24) is 0 Å². The SMILES string of the molecule is CCOP(=O)(O)O.F. The second-order valence-corrected chi connectivity index (χ2v) is 2.15. The van der Waals surface area contributed by atoms with Crippen molar-refractivity contribution in [2.45, 2.75) is 6.92 Å². The van der Waals surface area contributed by atoms with Crippen molar-refractivity contribution < 1.29 is 23.6 Å². The molecule has 0 spiro atoms. The monoisotopic (exact) mass is 146 g/mol. The van der Waals surface area contributed by atoms with Crippen LogP contribution >= 0.6 is 7.82 Å². The molecule has 2 N–H and O–H groups in total. The molecule has 4 nitrogen and oxygen atoms in total. The number of hydrogen-bond donors (Lipinski definition) is 2. The van der Waals surface area contributed by atoms with Crippen LogP contribution in [0.5, 0.6) is 0 Å². The Morgan fingerprint density at radius 3 is 2.00 bits per heavy atom. The maximum atomic E-state index is 9.70. The summed E-state index contributed by atoms with van der Waals surface area (Å²) in [6.07, 6.45) is 0. The summed E-state index contributed by atoms with van der Waals surface area (Å²) in [7, 11) is -4.17. The second-order valence-electron chi connectivity index (χ2n) is 0.908. The number of hydrogen-bond acceptors (Lipinski definition) is 2. The molecule has 0 atom stereocenters. The molecule has 0 saturated heterocycles. The van der Waals surface area contributed by atoms with Crippen LogP contribution in [0.25, 0.3) is 0 Å². The van der Waals surface area contributed by atoms with Gasteiger partial charge >= 0.3 is 7.82 Å². The highest BCUT2D eigenvalue weighted by Crippen LogP contribution is 2.34. The molecule has 52 valence electrons. The van der Waals surface area contributed by atoms with E-state index in [1.165, 1.54) is 6.92 Å². The molecule has 0 rings (SSSR count). The molecule has 0 amide bonds.